The summed E-state index contributed by atoms with van der Waals surface area (Å²) in [5, 5.41) is 2.78. The van der Waals surface area contributed by atoms with Gasteiger partial charge in [-0.1, -0.05) is 17.7 Å². The van der Waals surface area contributed by atoms with E-state index in [1.807, 2.05) is 0 Å². The summed E-state index contributed by atoms with van der Waals surface area (Å²) in [6.07, 6.45) is -4.37. The van der Waals surface area contributed by atoms with Crippen molar-refractivity contribution in [3.8, 4) is 0 Å². The number of hydrogen-bond acceptors (Lipinski definition) is 1. The molecular formula is C10H9ClF3N. The molecule has 1 nitrogen and oxygen atoms in total. The number of benzene rings is 1. The Morgan fingerprint density at radius 2 is 1.93 bits per heavy atom. The minimum Gasteiger partial charge on any atom is -0.315 e. The lowest BCUT2D eigenvalue weighted by Gasteiger charge is -2.28. The maximum Gasteiger partial charge on any atom is 0.417 e. The molecule has 82 valence electrons. The van der Waals surface area contributed by atoms with Crippen LogP contribution >= 0.6 is 11.6 Å². The molecule has 1 aliphatic heterocycles. The van der Waals surface area contributed by atoms with Gasteiger partial charge in [0.05, 0.1) is 10.6 Å². The van der Waals surface area contributed by atoms with Crippen molar-refractivity contribution in [3.63, 3.8) is 0 Å². The molecule has 0 amide bonds. The van der Waals surface area contributed by atoms with Gasteiger partial charge in [0.15, 0.2) is 0 Å². The summed E-state index contributed by atoms with van der Waals surface area (Å²) < 4.78 is 37.5. The SMILES string of the molecule is FC(F)(F)c1cc(C2CNC2)ccc1Cl. The van der Waals surface area contributed by atoms with Gasteiger partial charge in [0.1, 0.15) is 0 Å². The zero-order valence-corrected chi connectivity index (χ0v) is 8.49. The Hall–Kier alpha value is -0.740. The normalized spacial score (nSPS) is 17.6. The van der Waals surface area contributed by atoms with Crippen molar-refractivity contribution >= 4 is 11.6 Å². The highest BCUT2D eigenvalue weighted by molar-refractivity contribution is 6.31. The zero-order chi connectivity index (χ0) is 11.1. The summed E-state index contributed by atoms with van der Waals surface area (Å²) in [4.78, 5) is 0. The van der Waals surface area contributed by atoms with Crippen LogP contribution < -0.4 is 5.32 Å². The van der Waals surface area contributed by atoms with Gasteiger partial charge in [-0.25, -0.2) is 0 Å². The van der Waals surface area contributed by atoms with E-state index in [4.69, 9.17) is 11.6 Å². The topological polar surface area (TPSA) is 12.0 Å². The van der Waals surface area contributed by atoms with E-state index in [9.17, 15) is 13.2 Å². The molecule has 0 unspecified atom stereocenters. The van der Waals surface area contributed by atoms with E-state index in [0.717, 1.165) is 19.2 Å². The molecule has 1 aromatic carbocycles. The smallest absolute Gasteiger partial charge is 0.315 e. The summed E-state index contributed by atoms with van der Waals surface area (Å²) in [5.74, 6) is 0.184. The first kappa shape index (κ1) is 10.8. The second-order valence-electron chi connectivity index (χ2n) is 3.59. The molecule has 1 fully saturated rings. The van der Waals surface area contributed by atoms with Crippen LogP contribution in [0.1, 0.15) is 17.0 Å². The van der Waals surface area contributed by atoms with Crippen LogP contribution in [0.2, 0.25) is 5.02 Å². The molecule has 0 radical (unpaired) electrons. The van der Waals surface area contributed by atoms with Crippen molar-refractivity contribution in [1.82, 2.24) is 5.32 Å². The molecule has 2 rings (SSSR count). The largest absolute Gasteiger partial charge is 0.417 e. The van der Waals surface area contributed by atoms with Crippen molar-refractivity contribution < 1.29 is 13.2 Å². The fourth-order valence-electron chi connectivity index (χ4n) is 1.54. The third-order valence-electron chi connectivity index (χ3n) is 2.55. The van der Waals surface area contributed by atoms with Crippen LogP contribution in [0.3, 0.4) is 0 Å². The summed E-state index contributed by atoms with van der Waals surface area (Å²) in [6, 6.07) is 4.12. The minimum absolute atomic E-state index is 0.184. The van der Waals surface area contributed by atoms with E-state index >= 15 is 0 Å². The molecule has 15 heavy (non-hydrogen) atoms. The van der Waals surface area contributed by atoms with E-state index in [2.05, 4.69) is 5.32 Å². The third-order valence-corrected chi connectivity index (χ3v) is 2.88. The lowest BCUT2D eigenvalue weighted by molar-refractivity contribution is -0.137. The maximum absolute atomic E-state index is 12.5. The zero-order valence-electron chi connectivity index (χ0n) is 7.74. The van der Waals surface area contributed by atoms with Crippen LogP contribution in [-0.2, 0) is 6.18 Å². The Labute approximate surface area is 90.2 Å². The van der Waals surface area contributed by atoms with Crippen molar-refractivity contribution in [1.29, 1.82) is 0 Å². The van der Waals surface area contributed by atoms with E-state index in [-0.39, 0.29) is 10.9 Å². The van der Waals surface area contributed by atoms with Gasteiger partial charge < -0.3 is 5.32 Å². The predicted molar refractivity (Wildman–Crippen MR) is 52.1 cm³/mol. The Morgan fingerprint density at radius 3 is 2.40 bits per heavy atom. The fourth-order valence-corrected chi connectivity index (χ4v) is 1.76. The minimum atomic E-state index is -4.37. The average molecular weight is 236 g/mol. The number of hydrogen-bond donors (Lipinski definition) is 1. The van der Waals surface area contributed by atoms with E-state index in [1.54, 1.807) is 6.07 Å². The van der Waals surface area contributed by atoms with Gasteiger partial charge in [-0.05, 0) is 17.7 Å². The molecule has 0 atom stereocenters. The number of rotatable bonds is 1. The van der Waals surface area contributed by atoms with Gasteiger partial charge in [0.25, 0.3) is 0 Å². The molecule has 1 N–H and O–H groups in total. The van der Waals surface area contributed by atoms with Crippen LogP contribution in [0.5, 0.6) is 0 Å². The monoisotopic (exact) mass is 235 g/mol. The summed E-state index contributed by atoms with van der Waals surface area (Å²) in [6.45, 7) is 1.47. The van der Waals surface area contributed by atoms with Gasteiger partial charge in [0, 0.05) is 19.0 Å². The summed E-state index contributed by atoms with van der Waals surface area (Å²) in [5.41, 5.74) is -0.0426. The molecular weight excluding hydrogens is 227 g/mol. The average Bonchev–Trinajstić information content (AvgIpc) is 2.03. The van der Waals surface area contributed by atoms with Crippen molar-refractivity contribution in [3.05, 3.63) is 34.3 Å². The molecule has 1 aliphatic rings. The molecule has 0 aliphatic carbocycles. The predicted octanol–water partition coefficient (Wildman–Crippen LogP) is 3.05. The molecule has 1 heterocycles. The van der Waals surface area contributed by atoms with Gasteiger partial charge in [-0.2, -0.15) is 13.2 Å². The lowest BCUT2D eigenvalue weighted by Crippen LogP contribution is -2.39. The van der Waals surface area contributed by atoms with Crippen LogP contribution in [0.25, 0.3) is 0 Å². The van der Waals surface area contributed by atoms with Gasteiger partial charge in [-0.3, -0.25) is 0 Å². The van der Waals surface area contributed by atoms with Crippen molar-refractivity contribution in [2.45, 2.75) is 12.1 Å². The Morgan fingerprint density at radius 1 is 1.27 bits per heavy atom. The third kappa shape index (κ3) is 2.11. The van der Waals surface area contributed by atoms with Gasteiger partial charge in [-0.15, -0.1) is 0 Å². The summed E-state index contributed by atoms with van der Waals surface area (Å²) in [7, 11) is 0. The maximum atomic E-state index is 12.5. The van der Waals surface area contributed by atoms with E-state index in [0.29, 0.717) is 5.56 Å². The molecule has 0 saturated carbocycles. The number of halogens is 4. The van der Waals surface area contributed by atoms with Crippen LogP contribution in [-0.4, -0.2) is 13.1 Å². The second-order valence-corrected chi connectivity index (χ2v) is 4.00. The standard InChI is InChI=1S/C10H9ClF3N/c11-9-2-1-6(7-4-15-5-7)3-8(9)10(12,13)14/h1-3,7,15H,4-5H2. The first-order valence-corrected chi connectivity index (χ1v) is 4.93. The Bertz CT molecular complexity index is 371. The van der Waals surface area contributed by atoms with E-state index in [1.165, 1.54) is 6.07 Å². The summed E-state index contributed by atoms with van der Waals surface area (Å²) >= 11 is 5.51. The lowest BCUT2D eigenvalue weighted by atomic mass is 9.92. The molecule has 5 heteroatoms. The fraction of sp³-hybridized carbons (Fsp3) is 0.400. The van der Waals surface area contributed by atoms with Gasteiger partial charge >= 0.3 is 6.18 Å². The highest BCUT2D eigenvalue weighted by Crippen LogP contribution is 2.36. The molecule has 1 aromatic rings. The quantitative estimate of drug-likeness (QED) is 0.789. The first-order valence-electron chi connectivity index (χ1n) is 4.56. The van der Waals surface area contributed by atoms with Crippen molar-refractivity contribution in [2.24, 2.45) is 0 Å². The Balaban J connectivity index is 2.36. The molecule has 0 aromatic heterocycles. The van der Waals surface area contributed by atoms with Crippen LogP contribution in [0.4, 0.5) is 13.2 Å². The van der Waals surface area contributed by atoms with Crippen LogP contribution in [0.15, 0.2) is 18.2 Å². The molecule has 0 spiro atoms. The molecule has 1 saturated heterocycles. The highest BCUT2D eigenvalue weighted by Gasteiger charge is 2.34. The second kappa shape index (κ2) is 3.68. The van der Waals surface area contributed by atoms with Crippen molar-refractivity contribution in [2.75, 3.05) is 13.1 Å². The highest BCUT2D eigenvalue weighted by atomic mass is 35.5. The molecule has 0 bridgehead atoms. The first-order chi connectivity index (χ1) is 6.98. The van der Waals surface area contributed by atoms with Crippen LogP contribution in [0, 0.1) is 0 Å². The van der Waals surface area contributed by atoms with Gasteiger partial charge in [0.2, 0.25) is 0 Å². The Kier molecular flexibility index (Phi) is 2.64. The number of alkyl halides is 3. The van der Waals surface area contributed by atoms with E-state index < -0.39 is 11.7 Å². The number of nitrogens with one attached hydrogen (secondary N) is 1.